The molecular formula is C9H8ClFO2. The Bertz CT molecular complexity index is 314. The predicted molar refractivity (Wildman–Crippen MR) is 47.6 cm³/mol. The van der Waals surface area contributed by atoms with Crippen LogP contribution >= 0.6 is 11.6 Å². The van der Waals surface area contributed by atoms with Crippen LogP contribution in [0.3, 0.4) is 0 Å². The summed E-state index contributed by atoms with van der Waals surface area (Å²) in [6.45, 7) is 0. The van der Waals surface area contributed by atoms with Crippen LogP contribution < -0.4 is 0 Å². The monoisotopic (exact) mass is 202 g/mol. The minimum absolute atomic E-state index is 0.301. The van der Waals surface area contributed by atoms with Crippen molar-refractivity contribution in [2.45, 2.75) is 12.6 Å². The van der Waals surface area contributed by atoms with Crippen molar-refractivity contribution in [1.29, 1.82) is 0 Å². The van der Waals surface area contributed by atoms with Gasteiger partial charge in [-0.3, -0.25) is 4.79 Å². The lowest BCUT2D eigenvalue weighted by molar-refractivity contribution is -0.138. The van der Waals surface area contributed by atoms with Gasteiger partial charge in [-0.1, -0.05) is 23.7 Å². The topological polar surface area (TPSA) is 37.3 Å². The van der Waals surface area contributed by atoms with Gasteiger partial charge in [0.05, 0.1) is 6.42 Å². The van der Waals surface area contributed by atoms with Crippen molar-refractivity contribution in [3.05, 3.63) is 34.9 Å². The second-order valence-corrected chi connectivity index (χ2v) is 3.06. The molecule has 1 atom stereocenters. The molecule has 0 saturated heterocycles. The van der Waals surface area contributed by atoms with Gasteiger partial charge in [0.15, 0.2) is 0 Å². The lowest BCUT2D eigenvalue weighted by Gasteiger charge is -2.05. The SMILES string of the molecule is O=C(O)CC(F)c1cccc(Cl)c1. The predicted octanol–water partition coefficient (Wildman–Crippen LogP) is 2.83. The van der Waals surface area contributed by atoms with Gasteiger partial charge >= 0.3 is 5.97 Å². The average Bonchev–Trinajstić information content (AvgIpc) is 2.03. The molecule has 0 aliphatic carbocycles. The van der Waals surface area contributed by atoms with Crippen LogP contribution in [0.4, 0.5) is 4.39 Å². The molecule has 0 amide bonds. The molecule has 0 aliphatic rings. The summed E-state index contributed by atoms with van der Waals surface area (Å²) in [5.41, 5.74) is 0.301. The minimum Gasteiger partial charge on any atom is -0.481 e. The molecule has 70 valence electrons. The number of alkyl halides is 1. The van der Waals surface area contributed by atoms with Crippen molar-refractivity contribution in [3.8, 4) is 0 Å². The molecule has 0 bridgehead atoms. The van der Waals surface area contributed by atoms with Crippen LogP contribution in [0.2, 0.25) is 5.02 Å². The Labute approximate surface area is 80.0 Å². The smallest absolute Gasteiger partial charge is 0.306 e. The number of carbonyl (C=O) groups is 1. The lowest BCUT2D eigenvalue weighted by atomic mass is 10.1. The summed E-state index contributed by atoms with van der Waals surface area (Å²) in [5, 5.41) is 8.75. The van der Waals surface area contributed by atoms with E-state index in [9.17, 15) is 9.18 Å². The number of hydrogen-bond donors (Lipinski definition) is 1. The van der Waals surface area contributed by atoms with Gasteiger partial charge in [0.2, 0.25) is 0 Å². The maximum Gasteiger partial charge on any atom is 0.306 e. The van der Waals surface area contributed by atoms with E-state index in [1.165, 1.54) is 12.1 Å². The van der Waals surface area contributed by atoms with Gasteiger partial charge in [0.25, 0.3) is 0 Å². The summed E-state index contributed by atoms with van der Waals surface area (Å²) < 4.78 is 13.1. The zero-order chi connectivity index (χ0) is 9.84. The molecule has 0 heterocycles. The van der Waals surface area contributed by atoms with E-state index in [0.717, 1.165) is 0 Å². The summed E-state index contributed by atoms with van der Waals surface area (Å²) in [4.78, 5) is 10.2. The van der Waals surface area contributed by atoms with E-state index in [1.807, 2.05) is 0 Å². The minimum atomic E-state index is -1.49. The molecule has 1 unspecified atom stereocenters. The number of carboxylic acids is 1. The highest BCUT2D eigenvalue weighted by Gasteiger charge is 2.13. The molecule has 0 radical (unpaired) electrons. The normalized spacial score (nSPS) is 12.5. The van der Waals surface area contributed by atoms with Gasteiger partial charge in [0, 0.05) is 5.02 Å². The van der Waals surface area contributed by atoms with Crippen molar-refractivity contribution in [2.75, 3.05) is 0 Å². The van der Waals surface area contributed by atoms with E-state index in [1.54, 1.807) is 12.1 Å². The number of benzene rings is 1. The third-order valence-electron chi connectivity index (χ3n) is 1.56. The maximum absolute atomic E-state index is 13.1. The van der Waals surface area contributed by atoms with Crippen LogP contribution in [0.15, 0.2) is 24.3 Å². The van der Waals surface area contributed by atoms with E-state index in [4.69, 9.17) is 16.7 Å². The lowest BCUT2D eigenvalue weighted by Crippen LogP contribution is -2.01. The molecule has 0 aliphatic heterocycles. The first-order chi connectivity index (χ1) is 6.09. The van der Waals surface area contributed by atoms with Gasteiger partial charge in [-0.05, 0) is 17.7 Å². The van der Waals surface area contributed by atoms with E-state index in [0.29, 0.717) is 10.6 Å². The highest BCUT2D eigenvalue weighted by atomic mass is 35.5. The molecule has 0 aromatic heterocycles. The van der Waals surface area contributed by atoms with Crippen molar-refractivity contribution in [2.24, 2.45) is 0 Å². The highest BCUT2D eigenvalue weighted by molar-refractivity contribution is 6.30. The Hall–Kier alpha value is -1.09. The highest BCUT2D eigenvalue weighted by Crippen LogP contribution is 2.23. The molecular weight excluding hydrogens is 195 g/mol. The second kappa shape index (κ2) is 4.23. The van der Waals surface area contributed by atoms with Crippen LogP contribution in [-0.2, 0) is 4.79 Å². The summed E-state index contributed by atoms with van der Waals surface area (Å²) >= 11 is 5.61. The Morgan fingerprint density at radius 1 is 1.62 bits per heavy atom. The zero-order valence-corrected chi connectivity index (χ0v) is 7.46. The van der Waals surface area contributed by atoms with E-state index in [2.05, 4.69) is 0 Å². The Morgan fingerprint density at radius 2 is 2.31 bits per heavy atom. The molecule has 13 heavy (non-hydrogen) atoms. The fourth-order valence-electron chi connectivity index (χ4n) is 0.973. The summed E-state index contributed by atoms with van der Waals surface area (Å²) in [6.07, 6.45) is -2.02. The Morgan fingerprint density at radius 3 is 2.85 bits per heavy atom. The van der Waals surface area contributed by atoms with E-state index >= 15 is 0 Å². The van der Waals surface area contributed by atoms with E-state index < -0.39 is 18.6 Å². The first kappa shape index (κ1) is 9.99. The maximum atomic E-state index is 13.1. The van der Waals surface area contributed by atoms with Gasteiger partial charge in [-0.25, -0.2) is 4.39 Å². The van der Waals surface area contributed by atoms with Crippen LogP contribution in [0, 0.1) is 0 Å². The zero-order valence-electron chi connectivity index (χ0n) is 6.71. The number of rotatable bonds is 3. The molecule has 0 spiro atoms. The van der Waals surface area contributed by atoms with Crippen LogP contribution in [0.25, 0.3) is 0 Å². The van der Waals surface area contributed by atoms with Gasteiger partial charge < -0.3 is 5.11 Å². The molecule has 1 aromatic rings. The molecule has 1 N–H and O–H groups in total. The van der Waals surface area contributed by atoms with Crippen molar-refractivity contribution >= 4 is 17.6 Å². The van der Waals surface area contributed by atoms with Crippen LogP contribution in [0.5, 0.6) is 0 Å². The van der Waals surface area contributed by atoms with E-state index in [-0.39, 0.29) is 0 Å². The summed E-state index contributed by atoms with van der Waals surface area (Å²) in [6, 6.07) is 6.14. The number of carboxylic acid groups (broad SMARTS) is 1. The molecule has 1 rings (SSSR count). The average molecular weight is 203 g/mol. The Kier molecular flexibility index (Phi) is 3.25. The molecule has 0 saturated carbocycles. The molecule has 1 aromatic carbocycles. The van der Waals surface area contributed by atoms with Gasteiger partial charge in [-0.15, -0.1) is 0 Å². The quantitative estimate of drug-likeness (QED) is 0.819. The number of hydrogen-bond acceptors (Lipinski definition) is 1. The molecule has 4 heteroatoms. The third-order valence-corrected chi connectivity index (χ3v) is 1.80. The number of halogens is 2. The summed E-state index contributed by atoms with van der Waals surface area (Å²) in [7, 11) is 0. The molecule has 0 fully saturated rings. The van der Waals surface area contributed by atoms with Gasteiger partial charge in [0.1, 0.15) is 6.17 Å². The van der Waals surface area contributed by atoms with Crippen LogP contribution in [0.1, 0.15) is 18.2 Å². The van der Waals surface area contributed by atoms with Crippen molar-refractivity contribution in [1.82, 2.24) is 0 Å². The summed E-state index contributed by atoms with van der Waals surface area (Å²) in [5.74, 6) is -1.16. The fourth-order valence-corrected chi connectivity index (χ4v) is 1.17. The van der Waals surface area contributed by atoms with Gasteiger partial charge in [-0.2, -0.15) is 0 Å². The largest absolute Gasteiger partial charge is 0.481 e. The standard InChI is InChI=1S/C9H8ClFO2/c10-7-3-1-2-6(4-7)8(11)5-9(12)13/h1-4,8H,5H2,(H,12,13). The molecule has 2 nitrogen and oxygen atoms in total. The first-order valence-corrected chi connectivity index (χ1v) is 4.08. The third kappa shape index (κ3) is 3.03. The first-order valence-electron chi connectivity index (χ1n) is 3.71. The van der Waals surface area contributed by atoms with Crippen molar-refractivity contribution in [3.63, 3.8) is 0 Å². The second-order valence-electron chi connectivity index (χ2n) is 2.62. The Balaban J connectivity index is 2.76. The van der Waals surface area contributed by atoms with Crippen LogP contribution in [-0.4, -0.2) is 11.1 Å². The van der Waals surface area contributed by atoms with Crippen molar-refractivity contribution < 1.29 is 14.3 Å². The number of aliphatic carboxylic acids is 1. The fraction of sp³-hybridized carbons (Fsp3) is 0.222.